The van der Waals surface area contributed by atoms with Crippen molar-refractivity contribution < 1.29 is 23.9 Å². The van der Waals surface area contributed by atoms with Gasteiger partial charge in [0.1, 0.15) is 12.6 Å². The predicted octanol–water partition coefficient (Wildman–Crippen LogP) is 11.7. The Morgan fingerprint density at radius 1 is 0.510 bits per heavy atom. The molecule has 8 nitrogen and oxygen atoms in total. The van der Waals surface area contributed by atoms with Crippen LogP contribution in [0.5, 0.6) is 0 Å². The Balaban J connectivity index is 2.26. The van der Waals surface area contributed by atoms with Gasteiger partial charge in [0.2, 0.25) is 5.91 Å². The highest BCUT2D eigenvalue weighted by atomic mass is 16.6. The first kappa shape index (κ1) is 46.3. The first-order chi connectivity index (χ1) is 25.1. The first-order valence-corrected chi connectivity index (χ1v) is 21.2. The maximum atomic E-state index is 13.1. The lowest BCUT2D eigenvalue weighted by atomic mass is 10.0. The SMILES string of the molecule is CCCCCCCCCCCCCCCCOC(=O)NC(CCCCNC(=O)OCc1ccccc1)C(=O)NCCCCCCCCCCCC. The molecule has 3 N–H and O–H groups in total. The van der Waals surface area contributed by atoms with E-state index in [1.807, 2.05) is 30.3 Å². The van der Waals surface area contributed by atoms with E-state index in [9.17, 15) is 14.4 Å². The van der Waals surface area contributed by atoms with E-state index in [0.717, 1.165) is 31.2 Å². The molecule has 0 fully saturated rings. The van der Waals surface area contributed by atoms with Crippen molar-refractivity contribution in [2.75, 3.05) is 19.7 Å². The third-order valence-corrected chi connectivity index (χ3v) is 9.57. The number of amides is 3. The van der Waals surface area contributed by atoms with Gasteiger partial charge in [-0.2, -0.15) is 0 Å². The molecule has 1 unspecified atom stereocenters. The zero-order valence-corrected chi connectivity index (χ0v) is 32.9. The van der Waals surface area contributed by atoms with Crippen LogP contribution in [-0.4, -0.2) is 43.8 Å². The molecule has 0 aromatic heterocycles. The first-order valence-electron chi connectivity index (χ1n) is 21.2. The van der Waals surface area contributed by atoms with Gasteiger partial charge >= 0.3 is 12.2 Å². The number of rotatable bonds is 35. The largest absolute Gasteiger partial charge is 0.450 e. The van der Waals surface area contributed by atoms with E-state index in [4.69, 9.17) is 9.47 Å². The third-order valence-electron chi connectivity index (χ3n) is 9.57. The maximum absolute atomic E-state index is 13.1. The highest BCUT2D eigenvalue weighted by molar-refractivity contribution is 5.85. The average molecular weight is 716 g/mol. The molecule has 0 bridgehead atoms. The molecule has 0 radical (unpaired) electrons. The van der Waals surface area contributed by atoms with E-state index < -0.39 is 18.2 Å². The molecular weight excluding hydrogens is 638 g/mol. The number of alkyl carbamates (subject to hydrolysis) is 2. The van der Waals surface area contributed by atoms with Gasteiger partial charge in [0.05, 0.1) is 6.61 Å². The zero-order valence-electron chi connectivity index (χ0n) is 32.9. The topological polar surface area (TPSA) is 106 Å². The molecule has 0 aliphatic heterocycles. The molecule has 0 saturated carbocycles. The van der Waals surface area contributed by atoms with E-state index in [0.29, 0.717) is 39.0 Å². The Bertz CT molecular complexity index is 945. The number of unbranched alkanes of at least 4 members (excludes halogenated alkanes) is 23. The highest BCUT2D eigenvalue weighted by Gasteiger charge is 2.21. The number of hydrogen-bond donors (Lipinski definition) is 3. The van der Waals surface area contributed by atoms with Crippen LogP contribution in [-0.2, 0) is 20.9 Å². The molecule has 3 amide bonds. The number of ether oxygens (including phenoxy) is 2. The Morgan fingerprint density at radius 3 is 1.49 bits per heavy atom. The molecule has 0 aliphatic carbocycles. The maximum Gasteiger partial charge on any atom is 0.407 e. The summed E-state index contributed by atoms with van der Waals surface area (Å²) in [6, 6.07) is 8.89. The second-order valence-corrected chi connectivity index (χ2v) is 14.4. The highest BCUT2D eigenvalue weighted by Crippen LogP contribution is 2.14. The molecule has 1 aromatic carbocycles. The summed E-state index contributed by atoms with van der Waals surface area (Å²) in [7, 11) is 0. The Labute approximate surface area is 312 Å². The second kappa shape index (κ2) is 35.6. The lowest BCUT2D eigenvalue weighted by molar-refractivity contribution is -0.123. The minimum atomic E-state index is -0.665. The van der Waals surface area contributed by atoms with E-state index in [-0.39, 0.29) is 12.5 Å². The van der Waals surface area contributed by atoms with Crippen molar-refractivity contribution >= 4 is 18.1 Å². The van der Waals surface area contributed by atoms with Gasteiger partial charge in [-0.1, -0.05) is 185 Å². The Hall–Kier alpha value is -2.77. The fourth-order valence-corrected chi connectivity index (χ4v) is 6.30. The number of hydrogen-bond acceptors (Lipinski definition) is 5. The number of benzene rings is 1. The molecule has 1 rings (SSSR count). The zero-order chi connectivity index (χ0) is 36.9. The van der Waals surface area contributed by atoms with Gasteiger partial charge in [-0.05, 0) is 37.7 Å². The summed E-state index contributed by atoms with van der Waals surface area (Å²) in [6.07, 6.45) is 31.1. The molecule has 1 atom stereocenters. The number of nitrogens with one attached hydrogen (secondary N) is 3. The molecule has 0 saturated heterocycles. The van der Waals surface area contributed by atoms with E-state index in [1.165, 1.54) is 128 Å². The normalized spacial score (nSPS) is 11.6. The van der Waals surface area contributed by atoms with Crippen LogP contribution in [0.1, 0.15) is 193 Å². The van der Waals surface area contributed by atoms with Gasteiger partial charge < -0.3 is 25.4 Å². The predicted molar refractivity (Wildman–Crippen MR) is 212 cm³/mol. The summed E-state index contributed by atoms with van der Waals surface area (Å²) in [5.41, 5.74) is 0.932. The van der Waals surface area contributed by atoms with Crippen molar-refractivity contribution in [2.24, 2.45) is 0 Å². The van der Waals surface area contributed by atoms with Crippen molar-refractivity contribution in [3.8, 4) is 0 Å². The Kier molecular flexibility index (Phi) is 32.3. The lowest BCUT2D eigenvalue weighted by Crippen LogP contribution is -2.47. The number of carbonyl (C=O) groups excluding carboxylic acids is 3. The van der Waals surface area contributed by atoms with Gasteiger partial charge in [-0.15, -0.1) is 0 Å². The van der Waals surface area contributed by atoms with Crippen molar-refractivity contribution in [3.63, 3.8) is 0 Å². The summed E-state index contributed by atoms with van der Waals surface area (Å²) in [5, 5.41) is 8.61. The van der Waals surface area contributed by atoms with Crippen LogP contribution in [0.15, 0.2) is 30.3 Å². The average Bonchev–Trinajstić information content (AvgIpc) is 3.14. The van der Waals surface area contributed by atoms with Gasteiger partial charge in [0.25, 0.3) is 0 Å². The molecular formula is C43H77N3O5. The van der Waals surface area contributed by atoms with Gasteiger partial charge in [-0.3, -0.25) is 4.79 Å². The molecule has 51 heavy (non-hydrogen) atoms. The van der Waals surface area contributed by atoms with Crippen molar-refractivity contribution in [2.45, 2.75) is 200 Å². The fourth-order valence-electron chi connectivity index (χ4n) is 6.30. The van der Waals surface area contributed by atoms with Crippen LogP contribution in [0.2, 0.25) is 0 Å². The lowest BCUT2D eigenvalue weighted by Gasteiger charge is -2.18. The summed E-state index contributed by atoms with van der Waals surface area (Å²) in [5.74, 6) is -0.172. The minimum Gasteiger partial charge on any atom is -0.450 e. The van der Waals surface area contributed by atoms with E-state index >= 15 is 0 Å². The van der Waals surface area contributed by atoms with Gasteiger partial charge in [-0.25, -0.2) is 9.59 Å². The van der Waals surface area contributed by atoms with Crippen LogP contribution in [0.25, 0.3) is 0 Å². The van der Waals surface area contributed by atoms with Gasteiger partial charge in [0, 0.05) is 13.1 Å². The smallest absolute Gasteiger partial charge is 0.407 e. The molecule has 0 spiro atoms. The molecule has 1 aromatic rings. The number of carbonyl (C=O) groups is 3. The molecule has 294 valence electrons. The Morgan fingerprint density at radius 2 is 0.961 bits per heavy atom. The summed E-state index contributed by atoms with van der Waals surface area (Å²) >= 11 is 0. The summed E-state index contributed by atoms with van der Waals surface area (Å²) < 4.78 is 10.7. The van der Waals surface area contributed by atoms with Crippen LogP contribution in [0.3, 0.4) is 0 Å². The van der Waals surface area contributed by atoms with Crippen molar-refractivity contribution in [1.29, 1.82) is 0 Å². The third kappa shape index (κ3) is 30.6. The van der Waals surface area contributed by atoms with Gasteiger partial charge in [0.15, 0.2) is 0 Å². The van der Waals surface area contributed by atoms with Crippen molar-refractivity contribution in [3.05, 3.63) is 35.9 Å². The fraction of sp³-hybridized carbons (Fsp3) is 0.791. The minimum absolute atomic E-state index is 0.172. The monoisotopic (exact) mass is 716 g/mol. The van der Waals surface area contributed by atoms with Crippen LogP contribution >= 0.6 is 0 Å². The van der Waals surface area contributed by atoms with Crippen LogP contribution in [0, 0.1) is 0 Å². The molecule has 0 heterocycles. The molecule has 8 heteroatoms. The van der Waals surface area contributed by atoms with E-state index in [2.05, 4.69) is 29.8 Å². The van der Waals surface area contributed by atoms with Crippen molar-refractivity contribution in [1.82, 2.24) is 16.0 Å². The quantitative estimate of drug-likeness (QED) is 0.0607. The second-order valence-electron chi connectivity index (χ2n) is 14.4. The standard InChI is InChI=1S/C43H77N3O5/c1-3-5-7-9-11-13-15-16-17-18-20-22-24-31-37-50-43(49)46-40(41(47)44-35-29-23-21-19-14-12-10-8-6-4-2)34-28-30-36-45-42(48)51-38-39-32-26-25-27-33-39/h25-27,32-33,40H,3-24,28-31,34-38H2,1-2H3,(H,44,47)(H,45,48)(H,46,49). The van der Waals surface area contributed by atoms with E-state index in [1.54, 1.807) is 0 Å². The van der Waals surface area contributed by atoms with Crippen LogP contribution < -0.4 is 16.0 Å². The van der Waals surface area contributed by atoms with Crippen LogP contribution in [0.4, 0.5) is 9.59 Å². The summed E-state index contributed by atoms with van der Waals surface area (Å²) in [6.45, 7) is 6.15. The molecule has 0 aliphatic rings. The summed E-state index contributed by atoms with van der Waals surface area (Å²) in [4.78, 5) is 37.8.